The Kier molecular flexibility index (Phi) is 6.38. The molecule has 1 heterocycles. The van der Waals surface area contributed by atoms with E-state index in [1.165, 1.54) is 0 Å². The van der Waals surface area contributed by atoms with Gasteiger partial charge in [-0.3, -0.25) is 14.6 Å². The van der Waals surface area contributed by atoms with Gasteiger partial charge in [0.15, 0.2) is 5.78 Å². The van der Waals surface area contributed by atoms with Crippen LogP contribution in [0.1, 0.15) is 56.6 Å². The second kappa shape index (κ2) is 9.61. The van der Waals surface area contributed by atoms with Crippen molar-refractivity contribution in [1.82, 2.24) is 0 Å². The van der Waals surface area contributed by atoms with E-state index in [1.807, 2.05) is 57.2 Å². The molecule has 1 aliphatic carbocycles. The first kappa shape index (κ1) is 23.2. The van der Waals surface area contributed by atoms with Crippen LogP contribution in [0.15, 0.2) is 89.1 Å². The third-order valence-electron chi connectivity index (χ3n) is 7.13. The Balaban J connectivity index is 1.64. The molecule has 1 aliphatic heterocycles. The van der Waals surface area contributed by atoms with Gasteiger partial charge in [-0.1, -0.05) is 86.6 Å². The number of carbonyl (C=O) groups excluding carboxylic acids is 2. The van der Waals surface area contributed by atoms with E-state index in [0.717, 1.165) is 33.3 Å². The van der Waals surface area contributed by atoms with Crippen molar-refractivity contribution in [2.75, 3.05) is 6.61 Å². The van der Waals surface area contributed by atoms with Crippen LogP contribution in [0.2, 0.25) is 0 Å². The molecule has 4 nitrogen and oxygen atoms in total. The van der Waals surface area contributed by atoms with E-state index in [9.17, 15) is 9.59 Å². The highest BCUT2D eigenvalue weighted by molar-refractivity contribution is 6.10. The van der Waals surface area contributed by atoms with Crippen molar-refractivity contribution in [3.63, 3.8) is 0 Å². The smallest absolute Gasteiger partial charge is 0.315 e. The summed E-state index contributed by atoms with van der Waals surface area (Å²) in [5.74, 6) is -0.920. The number of benzene rings is 3. The van der Waals surface area contributed by atoms with Crippen molar-refractivity contribution in [1.29, 1.82) is 0 Å². The number of fused-ring (bicyclic) bond motifs is 1. The van der Waals surface area contributed by atoms with Gasteiger partial charge < -0.3 is 4.74 Å². The maximum atomic E-state index is 13.8. The summed E-state index contributed by atoms with van der Waals surface area (Å²) in [6.45, 7) is 6.29. The topological polar surface area (TPSA) is 55.7 Å². The van der Waals surface area contributed by atoms with Crippen LogP contribution in [0.5, 0.6) is 0 Å². The fourth-order valence-corrected chi connectivity index (χ4v) is 5.52. The maximum absolute atomic E-state index is 13.8. The summed E-state index contributed by atoms with van der Waals surface area (Å²) in [5, 5.41) is 2.15. The van der Waals surface area contributed by atoms with E-state index in [0.29, 0.717) is 25.0 Å². The molecule has 0 amide bonds. The normalized spacial score (nSPS) is 22.2. The lowest BCUT2D eigenvalue weighted by Crippen LogP contribution is -2.38. The second-order valence-corrected chi connectivity index (χ2v) is 10.1. The van der Waals surface area contributed by atoms with E-state index >= 15 is 0 Å². The van der Waals surface area contributed by atoms with E-state index < -0.39 is 11.8 Å². The first-order chi connectivity index (χ1) is 16.9. The highest BCUT2D eigenvalue weighted by Crippen LogP contribution is 2.48. The lowest BCUT2D eigenvalue weighted by Gasteiger charge is -2.37. The van der Waals surface area contributed by atoms with Gasteiger partial charge >= 0.3 is 5.97 Å². The van der Waals surface area contributed by atoms with Gasteiger partial charge in [0.25, 0.3) is 0 Å². The van der Waals surface area contributed by atoms with Gasteiger partial charge in [0, 0.05) is 29.3 Å². The minimum atomic E-state index is -0.615. The Labute approximate surface area is 206 Å². The number of hydrogen-bond donors (Lipinski definition) is 0. The van der Waals surface area contributed by atoms with Crippen molar-refractivity contribution >= 4 is 28.2 Å². The number of rotatable bonds is 5. The molecular formula is C31H31NO3. The predicted octanol–water partition coefficient (Wildman–Crippen LogP) is 6.61. The maximum Gasteiger partial charge on any atom is 0.315 e. The highest BCUT2D eigenvalue weighted by atomic mass is 16.5. The Morgan fingerprint density at radius 2 is 1.69 bits per heavy atom. The van der Waals surface area contributed by atoms with Gasteiger partial charge in [-0.15, -0.1) is 0 Å². The number of ether oxygens (including phenoxy) is 1. The summed E-state index contributed by atoms with van der Waals surface area (Å²) in [4.78, 5) is 32.1. The molecule has 5 rings (SSSR count). The summed E-state index contributed by atoms with van der Waals surface area (Å²) < 4.78 is 5.73. The van der Waals surface area contributed by atoms with E-state index in [1.54, 1.807) is 0 Å². The van der Waals surface area contributed by atoms with E-state index in [-0.39, 0.29) is 23.6 Å². The number of hydrogen-bond acceptors (Lipinski definition) is 4. The van der Waals surface area contributed by atoms with Gasteiger partial charge in [-0.05, 0) is 47.1 Å². The van der Waals surface area contributed by atoms with Crippen LogP contribution in [-0.2, 0) is 14.3 Å². The van der Waals surface area contributed by atoms with Gasteiger partial charge in [-0.25, -0.2) is 0 Å². The molecular weight excluding hydrogens is 434 g/mol. The molecule has 178 valence electrons. The molecule has 4 heteroatoms. The number of aliphatic imine (C=N–C) groups is 1. The highest BCUT2D eigenvalue weighted by Gasteiger charge is 2.45. The average Bonchev–Trinajstić information content (AvgIpc) is 2.86. The summed E-state index contributed by atoms with van der Waals surface area (Å²) >= 11 is 0. The van der Waals surface area contributed by atoms with Crippen molar-refractivity contribution in [2.24, 2.45) is 16.8 Å². The molecule has 3 atom stereocenters. The summed E-state index contributed by atoms with van der Waals surface area (Å²) in [6.07, 6.45) is 1.11. The number of Topliss-reactive ketones (excluding diaryl/α,β-unsaturated/α-hetero) is 1. The molecule has 35 heavy (non-hydrogen) atoms. The van der Waals surface area contributed by atoms with Crippen LogP contribution in [0.25, 0.3) is 10.8 Å². The molecule has 3 aromatic rings. The monoisotopic (exact) mass is 465 g/mol. The Morgan fingerprint density at radius 3 is 2.46 bits per heavy atom. The SMILES string of the molecule is CC1=NC2=C(C(=O)C[C@@H](c3ccccc3)C2)[C@@H](c2cccc3ccccc23)C1C(=O)OCC(C)C. The van der Waals surface area contributed by atoms with Crippen LogP contribution in [-0.4, -0.2) is 24.1 Å². The number of allylic oxidation sites excluding steroid dienone is 2. The number of ketones is 1. The molecule has 2 aliphatic rings. The van der Waals surface area contributed by atoms with Gasteiger partial charge in [0.1, 0.15) is 5.92 Å². The zero-order valence-corrected chi connectivity index (χ0v) is 20.5. The quantitative estimate of drug-likeness (QED) is 0.398. The first-order valence-electron chi connectivity index (χ1n) is 12.4. The molecule has 0 saturated heterocycles. The molecule has 0 spiro atoms. The average molecular weight is 466 g/mol. The van der Waals surface area contributed by atoms with Crippen LogP contribution >= 0.6 is 0 Å². The Hall–Kier alpha value is -3.53. The van der Waals surface area contributed by atoms with Gasteiger partial charge in [-0.2, -0.15) is 0 Å². The molecule has 1 unspecified atom stereocenters. The van der Waals surface area contributed by atoms with Gasteiger partial charge in [0.2, 0.25) is 0 Å². The number of nitrogens with zero attached hydrogens (tertiary/aromatic N) is 1. The standard InChI is InChI=1S/C31H31NO3/c1-19(2)18-35-31(34)28-20(3)32-26-16-23(21-10-5-4-6-11-21)17-27(33)30(26)29(28)25-15-9-13-22-12-7-8-14-24(22)25/h4-15,19,23,28-29H,16-18H2,1-3H3/t23-,28?,29-/m0/s1. The molecule has 3 aromatic carbocycles. The van der Waals surface area contributed by atoms with Gasteiger partial charge in [0.05, 0.1) is 6.61 Å². The molecule has 0 radical (unpaired) electrons. The van der Waals surface area contributed by atoms with Crippen molar-refractivity contribution in [3.8, 4) is 0 Å². The molecule has 0 aromatic heterocycles. The Bertz CT molecular complexity index is 1330. The van der Waals surface area contributed by atoms with Crippen molar-refractivity contribution in [3.05, 3.63) is 95.2 Å². The second-order valence-electron chi connectivity index (χ2n) is 10.1. The fraction of sp³-hybridized carbons (Fsp3) is 0.323. The fourth-order valence-electron chi connectivity index (χ4n) is 5.52. The molecule has 0 saturated carbocycles. The number of carbonyl (C=O) groups is 2. The largest absolute Gasteiger partial charge is 0.465 e. The summed E-state index contributed by atoms with van der Waals surface area (Å²) in [7, 11) is 0. The summed E-state index contributed by atoms with van der Waals surface area (Å²) in [6, 6.07) is 24.5. The van der Waals surface area contributed by atoms with E-state index in [4.69, 9.17) is 9.73 Å². The minimum Gasteiger partial charge on any atom is -0.465 e. The molecule has 0 fully saturated rings. The van der Waals surface area contributed by atoms with Crippen LogP contribution < -0.4 is 0 Å². The van der Waals surface area contributed by atoms with Crippen molar-refractivity contribution < 1.29 is 14.3 Å². The predicted molar refractivity (Wildman–Crippen MR) is 140 cm³/mol. The third kappa shape index (κ3) is 4.45. The summed E-state index contributed by atoms with van der Waals surface area (Å²) in [5.41, 5.74) is 4.37. The van der Waals surface area contributed by atoms with Crippen LogP contribution in [0, 0.1) is 11.8 Å². The zero-order chi connectivity index (χ0) is 24.5. The van der Waals surface area contributed by atoms with Crippen LogP contribution in [0.4, 0.5) is 0 Å². The lowest BCUT2D eigenvalue weighted by molar-refractivity contribution is -0.147. The number of esters is 1. The zero-order valence-electron chi connectivity index (χ0n) is 20.5. The van der Waals surface area contributed by atoms with Crippen LogP contribution in [0.3, 0.4) is 0 Å². The first-order valence-corrected chi connectivity index (χ1v) is 12.4. The molecule has 0 bridgehead atoms. The minimum absolute atomic E-state index is 0.0796. The lowest BCUT2D eigenvalue weighted by atomic mass is 9.68. The Morgan fingerprint density at radius 1 is 0.971 bits per heavy atom. The molecule has 0 N–H and O–H groups in total. The van der Waals surface area contributed by atoms with Crippen molar-refractivity contribution in [2.45, 2.75) is 45.4 Å². The third-order valence-corrected chi connectivity index (χ3v) is 7.13. The van der Waals surface area contributed by atoms with E-state index in [2.05, 4.69) is 36.4 Å².